The lowest BCUT2D eigenvalue weighted by Crippen LogP contribution is -2.59. The van der Waals surface area contributed by atoms with Gasteiger partial charge < -0.3 is 20.5 Å². The predicted molar refractivity (Wildman–Crippen MR) is 103 cm³/mol. The lowest BCUT2D eigenvalue weighted by molar-refractivity contribution is -0.149. The Balaban J connectivity index is 1.63. The number of nitrogens with one attached hydrogen (secondary N) is 2. The number of amides is 2. The second-order valence-electron chi connectivity index (χ2n) is 9.58. The number of carbonyl (C=O) groups excluding carboxylic acids is 3. The first-order valence-corrected chi connectivity index (χ1v) is 10.6. The second kappa shape index (κ2) is 8.39. The summed E-state index contributed by atoms with van der Waals surface area (Å²) in [6.07, 6.45) is 6.62. The van der Waals surface area contributed by atoms with Crippen molar-refractivity contribution >= 4 is 17.8 Å². The number of aliphatic hydroxyl groups excluding tert-OH is 1. The number of carbonyl (C=O) groups is 3. The fourth-order valence-electron chi connectivity index (χ4n) is 5.87. The minimum atomic E-state index is -0.686. The standard InChI is InChI=1S/C21H34N2O5/c1-12(2)18(19(26)22-17(10-24)11-28-13(3)25)23-20(27)21-7-14-4-15(8-21)6-16(5-14)9-21/h12,14-18,24H,4-11H2,1-3H3,(H,22,26)(H,23,27). The van der Waals surface area contributed by atoms with Crippen molar-refractivity contribution in [3.05, 3.63) is 0 Å². The summed E-state index contributed by atoms with van der Waals surface area (Å²) in [7, 11) is 0. The number of esters is 1. The van der Waals surface area contributed by atoms with Crippen molar-refractivity contribution in [2.75, 3.05) is 13.2 Å². The summed E-state index contributed by atoms with van der Waals surface area (Å²) in [6.45, 7) is 4.63. The third-order valence-corrected chi connectivity index (χ3v) is 6.81. The van der Waals surface area contributed by atoms with Crippen LogP contribution in [-0.4, -0.2) is 48.2 Å². The SMILES string of the molecule is CC(=O)OCC(CO)NC(=O)C(NC(=O)C12CC3CC(CC(C3)C1)C2)C(C)C. The van der Waals surface area contributed by atoms with Crippen molar-refractivity contribution in [2.24, 2.45) is 29.1 Å². The van der Waals surface area contributed by atoms with Crippen LogP contribution in [0.1, 0.15) is 59.3 Å². The summed E-state index contributed by atoms with van der Waals surface area (Å²) in [4.78, 5) is 37.0. The average Bonchev–Trinajstić information content (AvgIpc) is 2.61. The van der Waals surface area contributed by atoms with E-state index in [1.54, 1.807) is 0 Å². The van der Waals surface area contributed by atoms with E-state index < -0.39 is 18.1 Å². The second-order valence-corrected chi connectivity index (χ2v) is 9.58. The van der Waals surface area contributed by atoms with Gasteiger partial charge in [-0.2, -0.15) is 0 Å². The van der Waals surface area contributed by atoms with Crippen molar-refractivity contribution < 1.29 is 24.2 Å². The summed E-state index contributed by atoms with van der Waals surface area (Å²) in [5.41, 5.74) is -0.309. The highest BCUT2D eigenvalue weighted by Gasteiger charge is 2.55. The van der Waals surface area contributed by atoms with Gasteiger partial charge in [-0.3, -0.25) is 14.4 Å². The molecule has 4 aliphatic carbocycles. The quantitative estimate of drug-likeness (QED) is 0.540. The molecule has 0 radical (unpaired) electrons. The van der Waals surface area contributed by atoms with E-state index in [1.165, 1.54) is 26.2 Å². The number of ether oxygens (including phenoxy) is 1. The summed E-state index contributed by atoms with van der Waals surface area (Å²) in [6, 6.07) is -1.36. The highest BCUT2D eigenvalue weighted by Crippen LogP contribution is 2.60. The topological polar surface area (TPSA) is 105 Å². The van der Waals surface area contributed by atoms with Crippen molar-refractivity contribution in [1.29, 1.82) is 0 Å². The van der Waals surface area contributed by atoms with E-state index in [0.717, 1.165) is 19.3 Å². The van der Waals surface area contributed by atoms with E-state index >= 15 is 0 Å². The minimum absolute atomic E-state index is 0.0148. The number of hydrogen-bond acceptors (Lipinski definition) is 5. The lowest BCUT2D eigenvalue weighted by Gasteiger charge is -2.55. The Hall–Kier alpha value is -1.63. The van der Waals surface area contributed by atoms with Gasteiger partial charge in [-0.05, 0) is 62.2 Å². The number of rotatable bonds is 8. The van der Waals surface area contributed by atoms with Crippen LogP contribution in [0.5, 0.6) is 0 Å². The monoisotopic (exact) mass is 394 g/mol. The summed E-state index contributed by atoms with van der Waals surface area (Å²) >= 11 is 0. The Morgan fingerprint density at radius 2 is 1.57 bits per heavy atom. The van der Waals surface area contributed by atoms with Crippen molar-refractivity contribution in [1.82, 2.24) is 10.6 Å². The fraction of sp³-hybridized carbons (Fsp3) is 0.857. The lowest BCUT2D eigenvalue weighted by atomic mass is 9.49. The first kappa shape index (κ1) is 21.1. The molecule has 4 fully saturated rings. The Morgan fingerprint density at radius 3 is 2.00 bits per heavy atom. The van der Waals surface area contributed by atoms with Gasteiger partial charge in [-0.25, -0.2) is 0 Å². The van der Waals surface area contributed by atoms with Gasteiger partial charge in [-0.15, -0.1) is 0 Å². The largest absolute Gasteiger partial charge is 0.464 e. The smallest absolute Gasteiger partial charge is 0.302 e. The number of aliphatic hydroxyl groups is 1. The number of hydrogen-bond donors (Lipinski definition) is 3. The van der Waals surface area contributed by atoms with E-state index in [-0.39, 0.29) is 36.4 Å². The van der Waals surface area contributed by atoms with Gasteiger partial charge in [0.05, 0.1) is 12.6 Å². The van der Waals surface area contributed by atoms with Crippen LogP contribution in [-0.2, 0) is 19.1 Å². The molecular formula is C21H34N2O5. The Morgan fingerprint density at radius 1 is 1.04 bits per heavy atom. The molecule has 0 heterocycles. The summed E-state index contributed by atoms with van der Waals surface area (Å²) < 4.78 is 4.88. The molecule has 2 amide bonds. The molecule has 4 saturated carbocycles. The van der Waals surface area contributed by atoms with Crippen LogP contribution in [0.15, 0.2) is 0 Å². The van der Waals surface area contributed by atoms with Crippen LogP contribution in [0, 0.1) is 29.1 Å². The maximum absolute atomic E-state index is 13.3. The van der Waals surface area contributed by atoms with Gasteiger partial charge in [0.1, 0.15) is 12.6 Å². The van der Waals surface area contributed by atoms with Crippen molar-refractivity contribution in [3.63, 3.8) is 0 Å². The molecule has 28 heavy (non-hydrogen) atoms. The maximum atomic E-state index is 13.3. The normalized spacial score (nSPS) is 32.7. The third kappa shape index (κ3) is 4.50. The molecule has 158 valence electrons. The molecule has 4 aliphatic rings. The first-order valence-electron chi connectivity index (χ1n) is 10.6. The van der Waals surface area contributed by atoms with Crippen molar-refractivity contribution in [3.8, 4) is 0 Å². The molecule has 0 spiro atoms. The van der Waals surface area contributed by atoms with Crippen LogP contribution >= 0.6 is 0 Å². The van der Waals surface area contributed by atoms with Gasteiger partial charge in [0, 0.05) is 12.3 Å². The molecular weight excluding hydrogens is 360 g/mol. The third-order valence-electron chi connectivity index (χ3n) is 6.81. The Labute approximate surface area is 167 Å². The Bertz CT molecular complexity index is 583. The molecule has 0 aromatic heterocycles. The zero-order valence-corrected chi connectivity index (χ0v) is 17.2. The van der Waals surface area contributed by atoms with Crippen LogP contribution in [0.2, 0.25) is 0 Å². The van der Waals surface area contributed by atoms with Crippen molar-refractivity contribution in [2.45, 2.75) is 71.4 Å². The molecule has 4 rings (SSSR count). The highest BCUT2D eigenvalue weighted by atomic mass is 16.5. The molecule has 4 bridgehead atoms. The van der Waals surface area contributed by atoms with Gasteiger partial charge in [-0.1, -0.05) is 13.8 Å². The predicted octanol–water partition coefficient (Wildman–Crippen LogP) is 1.38. The van der Waals surface area contributed by atoms with E-state index in [2.05, 4.69) is 10.6 Å². The van der Waals surface area contributed by atoms with E-state index in [4.69, 9.17) is 4.74 Å². The molecule has 3 N–H and O–H groups in total. The zero-order chi connectivity index (χ0) is 20.5. The molecule has 2 atom stereocenters. The minimum Gasteiger partial charge on any atom is -0.464 e. The summed E-state index contributed by atoms with van der Waals surface area (Å²) in [5.74, 6) is 1.08. The highest BCUT2D eigenvalue weighted by molar-refractivity contribution is 5.90. The molecule has 0 saturated heterocycles. The average molecular weight is 395 g/mol. The molecule has 0 aromatic carbocycles. The zero-order valence-electron chi connectivity index (χ0n) is 17.2. The van der Waals surface area contributed by atoms with Crippen LogP contribution < -0.4 is 10.6 Å². The van der Waals surface area contributed by atoms with E-state index in [0.29, 0.717) is 17.8 Å². The van der Waals surface area contributed by atoms with Crippen LogP contribution in [0.4, 0.5) is 0 Å². The molecule has 0 aliphatic heterocycles. The van der Waals surface area contributed by atoms with Crippen LogP contribution in [0.25, 0.3) is 0 Å². The Kier molecular flexibility index (Phi) is 6.32. The summed E-state index contributed by atoms with van der Waals surface area (Å²) in [5, 5.41) is 15.2. The molecule has 0 aromatic rings. The first-order chi connectivity index (χ1) is 13.2. The molecule has 7 nitrogen and oxygen atoms in total. The van der Waals surface area contributed by atoms with Gasteiger partial charge in [0.15, 0.2) is 0 Å². The fourth-order valence-corrected chi connectivity index (χ4v) is 5.87. The van der Waals surface area contributed by atoms with Crippen LogP contribution in [0.3, 0.4) is 0 Å². The maximum Gasteiger partial charge on any atom is 0.302 e. The molecule has 7 heteroatoms. The molecule has 2 unspecified atom stereocenters. The van der Waals surface area contributed by atoms with E-state index in [1.807, 2.05) is 13.8 Å². The van der Waals surface area contributed by atoms with Gasteiger partial charge in [0.2, 0.25) is 11.8 Å². The van der Waals surface area contributed by atoms with E-state index in [9.17, 15) is 19.5 Å². The van der Waals surface area contributed by atoms with Gasteiger partial charge >= 0.3 is 5.97 Å². The van der Waals surface area contributed by atoms with Gasteiger partial charge in [0.25, 0.3) is 0 Å².